The molecule has 0 fully saturated rings. The zero-order chi connectivity index (χ0) is 20.5. The molecular weight excluding hydrogens is 288 g/mol. The summed E-state index contributed by atoms with van der Waals surface area (Å²) in [5.74, 6) is 0. The van der Waals surface area contributed by atoms with E-state index in [9.17, 15) is 0 Å². The van der Waals surface area contributed by atoms with Gasteiger partial charge in [0.25, 0.3) is 0 Å². The smallest absolute Gasteiger partial charge is 0.0356 e. The molecule has 0 bridgehead atoms. The lowest BCUT2D eigenvalue weighted by Gasteiger charge is -1.72. The highest BCUT2D eigenvalue weighted by molar-refractivity contribution is 4.73. The molecular formula is C24H50. The van der Waals surface area contributed by atoms with Gasteiger partial charge in [-0.05, 0) is 47.0 Å². The predicted molar refractivity (Wildman–Crippen MR) is 123 cm³/mol. The van der Waals surface area contributed by atoms with Gasteiger partial charge in [0, 0.05) is 0 Å². The van der Waals surface area contributed by atoms with Crippen LogP contribution in [0, 0.1) is 0 Å². The quantitative estimate of drug-likeness (QED) is 0.437. The number of unbranched alkanes of at least 4 members (excludes halogenated alkanes) is 2. The van der Waals surface area contributed by atoms with Crippen LogP contribution in [0.5, 0.6) is 0 Å². The fraction of sp³-hybridized carbons (Fsp3) is 0.583. The highest BCUT2D eigenvalue weighted by Gasteiger charge is 1.62. The van der Waals surface area contributed by atoms with Gasteiger partial charge in [-0.2, -0.15) is 0 Å². The molecule has 146 valence electrons. The van der Waals surface area contributed by atoms with Crippen molar-refractivity contribution in [1.29, 1.82) is 0 Å². The van der Waals surface area contributed by atoms with Gasteiger partial charge in [0.2, 0.25) is 0 Å². The summed E-state index contributed by atoms with van der Waals surface area (Å²) in [6, 6.07) is 0. The minimum Gasteiger partial charge on any atom is -0.103 e. The Bertz CT molecular complexity index is 192. The summed E-state index contributed by atoms with van der Waals surface area (Å²) in [6.07, 6.45) is 19.7. The van der Waals surface area contributed by atoms with E-state index in [2.05, 4.69) is 52.7 Å². The molecule has 0 heteroatoms. The van der Waals surface area contributed by atoms with Gasteiger partial charge in [-0.25, -0.2) is 0 Å². The fourth-order valence-corrected chi connectivity index (χ4v) is 0.644. The van der Waals surface area contributed by atoms with Gasteiger partial charge in [0.15, 0.2) is 0 Å². The lowest BCUT2D eigenvalue weighted by atomic mass is 10.3. The molecule has 0 spiro atoms. The summed E-state index contributed by atoms with van der Waals surface area (Å²) in [7, 11) is 0. The Morgan fingerprint density at radius 2 is 0.917 bits per heavy atom. The Morgan fingerprint density at radius 3 is 0.917 bits per heavy atom. The van der Waals surface area contributed by atoms with Crippen molar-refractivity contribution in [3.05, 3.63) is 62.3 Å². The fourth-order valence-electron chi connectivity index (χ4n) is 0.644. The van der Waals surface area contributed by atoms with E-state index in [-0.39, 0.29) is 0 Å². The van der Waals surface area contributed by atoms with Gasteiger partial charge in [0.05, 0.1) is 0 Å². The lowest BCUT2D eigenvalue weighted by Crippen LogP contribution is -1.52. The van der Waals surface area contributed by atoms with Crippen molar-refractivity contribution in [2.24, 2.45) is 0 Å². The molecule has 0 atom stereocenters. The third-order valence-electron chi connectivity index (χ3n) is 1.79. The summed E-state index contributed by atoms with van der Waals surface area (Å²) in [5, 5.41) is 0. The first-order chi connectivity index (χ1) is 11.6. The molecule has 0 aliphatic rings. The highest BCUT2D eigenvalue weighted by atomic mass is 13.7. The maximum atomic E-state index is 3.55. The third kappa shape index (κ3) is 247. The van der Waals surface area contributed by atoms with Gasteiger partial charge >= 0.3 is 0 Å². The van der Waals surface area contributed by atoms with Crippen molar-refractivity contribution < 1.29 is 0 Å². The number of rotatable bonds is 5. The van der Waals surface area contributed by atoms with Gasteiger partial charge < -0.3 is 0 Å². The van der Waals surface area contributed by atoms with Crippen LogP contribution in [0.3, 0.4) is 0 Å². The van der Waals surface area contributed by atoms with Gasteiger partial charge in [-0.15, -0.1) is 19.7 Å². The van der Waals surface area contributed by atoms with Crippen molar-refractivity contribution >= 4 is 0 Å². The average Bonchev–Trinajstić information content (AvgIpc) is 2.61. The van der Waals surface area contributed by atoms with Gasteiger partial charge in [0.1, 0.15) is 0 Å². The molecule has 0 aromatic rings. The Labute approximate surface area is 157 Å². The zero-order valence-electron chi connectivity index (χ0n) is 18.7. The van der Waals surface area contributed by atoms with Crippen LogP contribution in [0.2, 0.25) is 0 Å². The molecule has 24 heavy (non-hydrogen) atoms. The van der Waals surface area contributed by atoms with Gasteiger partial charge in [-0.1, -0.05) is 90.0 Å². The zero-order valence-corrected chi connectivity index (χ0v) is 18.7. The van der Waals surface area contributed by atoms with Crippen LogP contribution in [0.1, 0.15) is 94.4 Å². The topological polar surface area (TPSA) is 0 Å². The molecule has 0 amide bonds. The molecule has 0 aromatic carbocycles. The van der Waals surface area contributed by atoms with Crippen molar-refractivity contribution in [3.63, 3.8) is 0 Å². The van der Waals surface area contributed by atoms with Crippen LogP contribution in [-0.2, 0) is 0 Å². The van der Waals surface area contributed by atoms with E-state index in [0.29, 0.717) is 0 Å². The molecule has 0 nitrogen and oxygen atoms in total. The van der Waals surface area contributed by atoms with E-state index in [4.69, 9.17) is 0 Å². The Morgan fingerprint density at radius 1 is 0.625 bits per heavy atom. The van der Waals surface area contributed by atoms with Crippen molar-refractivity contribution in [2.45, 2.75) is 94.4 Å². The molecule has 0 aromatic heterocycles. The summed E-state index contributed by atoms with van der Waals surface area (Å²) in [5.41, 5.74) is 0. The second kappa shape index (κ2) is 81.2. The van der Waals surface area contributed by atoms with Crippen LogP contribution in [0.25, 0.3) is 0 Å². The Hall–Kier alpha value is -1.30. The molecule has 0 N–H and O–H groups in total. The summed E-state index contributed by atoms with van der Waals surface area (Å²) in [4.78, 5) is 0. The van der Waals surface area contributed by atoms with Crippen LogP contribution >= 0.6 is 0 Å². The number of allylic oxidation sites excluding steroid dienone is 7. The molecule has 0 unspecified atom stereocenters. The van der Waals surface area contributed by atoms with E-state index in [1.807, 2.05) is 65.8 Å². The maximum Gasteiger partial charge on any atom is -0.0356 e. The molecule has 0 heterocycles. The van der Waals surface area contributed by atoms with E-state index in [1.54, 1.807) is 6.08 Å². The molecule has 0 radical (unpaired) electrons. The summed E-state index contributed by atoms with van der Waals surface area (Å²) < 4.78 is 0. The minimum atomic E-state index is 1.15. The summed E-state index contributed by atoms with van der Waals surface area (Å²) in [6.45, 7) is 28.8. The SMILES string of the molecule is C/C=C/C.C/C=C/CC.C=CC.C=CCCC.C=CCCC.CC. The van der Waals surface area contributed by atoms with Crippen molar-refractivity contribution in [1.82, 2.24) is 0 Å². The molecule has 0 saturated heterocycles. The minimum absolute atomic E-state index is 1.15. The van der Waals surface area contributed by atoms with Crippen LogP contribution in [-0.4, -0.2) is 0 Å². The normalized spacial score (nSPS) is 7.54. The van der Waals surface area contributed by atoms with E-state index in [1.165, 1.54) is 12.8 Å². The standard InChI is InChI=1S/3C5H10.C4H8.C3H6.C2H6/c3*1-3-5-4-2;1-3-4-2;1-3-2;1-2/h3,5H,4H2,1-2H3;2*3H,1,4-5H2,2H3;3-4H,1-2H3;3H,1H2,2H3;1-2H3/b5-3+;;;4-3+;;. The Kier molecular flexibility index (Phi) is 130. The van der Waals surface area contributed by atoms with Crippen LogP contribution in [0.4, 0.5) is 0 Å². The van der Waals surface area contributed by atoms with E-state index >= 15 is 0 Å². The predicted octanol–water partition coefficient (Wildman–Crippen LogP) is 9.72. The van der Waals surface area contributed by atoms with Crippen LogP contribution < -0.4 is 0 Å². The average molecular weight is 339 g/mol. The Balaban J connectivity index is -0.0000000415. The summed E-state index contributed by atoms with van der Waals surface area (Å²) >= 11 is 0. The molecule has 0 saturated carbocycles. The molecule has 0 aliphatic carbocycles. The second-order valence-corrected chi connectivity index (χ2v) is 4.21. The largest absolute Gasteiger partial charge is 0.103 e. The molecule has 0 rings (SSSR count). The van der Waals surface area contributed by atoms with Crippen molar-refractivity contribution in [2.75, 3.05) is 0 Å². The van der Waals surface area contributed by atoms with Gasteiger partial charge in [-0.3, -0.25) is 0 Å². The maximum absolute atomic E-state index is 3.55. The highest BCUT2D eigenvalue weighted by Crippen LogP contribution is 1.82. The number of hydrogen-bond donors (Lipinski definition) is 0. The third-order valence-corrected chi connectivity index (χ3v) is 1.79. The van der Waals surface area contributed by atoms with E-state index < -0.39 is 0 Å². The lowest BCUT2D eigenvalue weighted by molar-refractivity contribution is 0.961. The first-order valence-electron chi connectivity index (χ1n) is 9.55. The van der Waals surface area contributed by atoms with E-state index in [0.717, 1.165) is 19.3 Å². The van der Waals surface area contributed by atoms with Crippen LogP contribution in [0.15, 0.2) is 62.3 Å². The first kappa shape index (κ1) is 38.3. The number of hydrogen-bond acceptors (Lipinski definition) is 0. The molecule has 0 aliphatic heterocycles. The van der Waals surface area contributed by atoms with Crippen molar-refractivity contribution in [3.8, 4) is 0 Å². The first-order valence-corrected chi connectivity index (χ1v) is 9.55. The second-order valence-electron chi connectivity index (χ2n) is 4.21. The monoisotopic (exact) mass is 338 g/mol.